The second kappa shape index (κ2) is 4.73. The lowest BCUT2D eigenvalue weighted by Gasteiger charge is -2.26. The zero-order valence-electron chi connectivity index (χ0n) is 10.6. The second-order valence-electron chi connectivity index (χ2n) is 4.82. The summed E-state index contributed by atoms with van der Waals surface area (Å²) in [5.74, 6) is 0. The summed E-state index contributed by atoms with van der Waals surface area (Å²) in [6, 6.07) is 10.8. The largest absolute Gasteiger partial charge is 0.266 e. The van der Waals surface area contributed by atoms with Crippen LogP contribution in [0.5, 0.6) is 0 Å². The number of hydrogen-bond donors (Lipinski definition) is 0. The van der Waals surface area contributed by atoms with Crippen LogP contribution in [0.4, 0.5) is 5.69 Å². The second-order valence-corrected chi connectivity index (χ2v) is 4.82. The Bertz CT molecular complexity index is 482. The van der Waals surface area contributed by atoms with Crippen LogP contribution in [0.1, 0.15) is 31.7 Å². The lowest BCUT2D eigenvalue weighted by atomic mass is 10.0. The Balaban J connectivity index is 2.39. The molecule has 1 aromatic carbocycles. The molecule has 0 radical (unpaired) electrons. The van der Waals surface area contributed by atoms with Crippen molar-refractivity contribution in [3.63, 3.8) is 0 Å². The van der Waals surface area contributed by atoms with Gasteiger partial charge in [-0.3, -0.25) is 4.48 Å². The van der Waals surface area contributed by atoms with E-state index in [9.17, 15) is 0 Å². The highest BCUT2D eigenvalue weighted by Gasteiger charge is 2.33. The lowest BCUT2D eigenvalue weighted by molar-refractivity contribution is 0.460. The van der Waals surface area contributed by atoms with Crippen molar-refractivity contribution in [2.45, 2.75) is 26.2 Å². The van der Waals surface area contributed by atoms with Crippen LogP contribution in [0, 0.1) is 11.3 Å². The third-order valence-electron chi connectivity index (χ3n) is 3.45. The topological polar surface area (TPSA) is 23.8 Å². The Hall–Kier alpha value is -1.59. The summed E-state index contributed by atoms with van der Waals surface area (Å²) in [6.07, 6.45) is 5.21. The van der Waals surface area contributed by atoms with E-state index in [1.807, 2.05) is 0 Å². The van der Waals surface area contributed by atoms with E-state index in [0.717, 1.165) is 17.4 Å². The Morgan fingerprint density at radius 1 is 1.29 bits per heavy atom. The molecule has 1 atom stereocenters. The van der Waals surface area contributed by atoms with Crippen LogP contribution in [0.15, 0.2) is 30.5 Å². The highest BCUT2D eigenvalue weighted by molar-refractivity contribution is 5.82. The molecule has 0 aliphatic carbocycles. The van der Waals surface area contributed by atoms with Crippen molar-refractivity contribution in [2.75, 3.05) is 13.6 Å². The van der Waals surface area contributed by atoms with Crippen LogP contribution in [0.3, 0.4) is 0 Å². The maximum atomic E-state index is 8.78. The molecule has 0 saturated carbocycles. The lowest BCUT2D eigenvalue weighted by Crippen LogP contribution is -2.38. The fraction of sp³-hybridized carbons (Fsp3) is 0.400. The fourth-order valence-corrected chi connectivity index (χ4v) is 2.61. The number of allylic oxidation sites excluding steroid dienone is 1. The summed E-state index contributed by atoms with van der Waals surface area (Å²) in [5, 5.41) is 8.78. The van der Waals surface area contributed by atoms with E-state index in [-0.39, 0.29) is 0 Å². The van der Waals surface area contributed by atoms with Crippen LogP contribution in [-0.2, 0) is 0 Å². The van der Waals surface area contributed by atoms with E-state index in [2.05, 4.69) is 50.5 Å². The van der Waals surface area contributed by atoms with E-state index < -0.39 is 0 Å². The molecule has 1 heterocycles. The van der Waals surface area contributed by atoms with E-state index in [1.165, 1.54) is 23.2 Å². The zero-order valence-corrected chi connectivity index (χ0v) is 10.6. The van der Waals surface area contributed by atoms with Crippen LogP contribution in [-0.4, -0.2) is 13.6 Å². The number of nitriles is 1. The number of rotatable bonds is 4. The average molecular weight is 227 g/mol. The molecule has 1 aliphatic heterocycles. The maximum absolute atomic E-state index is 8.78. The summed E-state index contributed by atoms with van der Waals surface area (Å²) < 4.78 is 0.777. The van der Waals surface area contributed by atoms with Gasteiger partial charge >= 0.3 is 0 Å². The first-order valence-electron chi connectivity index (χ1n) is 6.25. The van der Waals surface area contributed by atoms with E-state index >= 15 is 0 Å². The molecular formula is C15H19N2+. The highest BCUT2D eigenvalue weighted by atomic mass is 15.3. The van der Waals surface area contributed by atoms with Gasteiger partial charge in [-0.1, -0.05) is 25.5 Å². The molecule has 0 bridgehead atoms. The van der Waals surface area contributed by atoms with Gasteiger partial charge in [0.05, 0.1) is 19.5 Å². The molecule has 0 saturated heterocycles. The number of hydrogen-bond acceptors (Lipinski definition) is 1. The molecule has 0 fully saturated rings. The van der Waals surface area contributed by atoms with Crippen LogP contribution in [0.25, 0.3) is 5.57 Å². The Morgan fingerprint density at radius 3 is 2.76 bits per heavy atom. The number of benzene rings is 1. The van der Waals surface area contributed by atoms with Crippen molar-refractivity contribution >= 4 is 11.3 Å². The average Bonchev–Trinajstić information content (AvgIpc) is 2.62. The maximum Gasteiger partial charge on any atom is 0.145 e. The van der Waals surface area contributed by atoms with Gasteiger partial charge in [0.25, 0.3) is 0 Å². The minimum absolute atomic E-state index is 0.598. The first-order chi connectivity index (χ1) is 8.21. The number of para-hydroxylation sites is 1. The van der Waals surface area contributed by atoms with Crippen molar-refractivity contribution < 1.29 is 0 Å². The number of nitrogens with zero attached hydrogens (tertiary/aromatic N) is 2. The molecule has 88 valence electrons. The Kier molecular flexibility index (Phi) is 3.31. The zero-order chi connectivity index (χ0) is 12.3. The van der Waals surface area contributed by atoms with Gasteiger partial charge in [-0.15, -0.1) is 0 Å². The smallest absolute Gasteiger partial charge is 0.145 e. The summed E-state index contributed by atoms with van der Waals surface area (Å²) in [7, 11) is 2.19. The van der Waals surface area contributed by atoms with Crippen molar-refractivity contribution in [1.29, 1.82) is 5.26 Å². The molecule has 17 heavy (non-hydrogen) atoms. The van der Waals surface area contributed by atoms with Crippen LogP contribution in [0.2, 0.25) is 0 Å². The first kappa shape index (κ1) is 11.9. The number of quaternary nitrogens is 1. The molecule has 0 aromatic heterocycles. The number of fused-ring (bicyclic) bond motifs is 1. The van der Waals surface area contributed by atoms with E-state index in [1.54, 1.807) is 0 Å². The van der Waals surface area contributed by atoms with Crippen LogP contribution >= 0.6 is 0 Å². The quantitative estimate of drug-likeness (QED) is 0.720. The molecule has 0 spiro atoms. The highest BCUT2D eigenvalue weighted by Crippen LogP contribution is 2.40. The standard InChI is InChI=1S/C15H19N2/c1-3-7-13-12-17(2,11-6-10-16)15-9-5-4-8-14(13)15/h4-5,8-9,12H,3,6-7,11H2,1-2H3/q+1. The van der Waals surface area contributed by atoms with Gasteiger partial charge in [-0.25, -0.2) is 0 Å². The molecule has 2 nitrogen and oxygen atoms in total. The van der Waals surface area contributed by atoms with Crippen molar-refractivity contribution in [1.82, 2.24) is 4.48 Å². The molecular weight excluding hydrogens is 208 g/mol. The third kappa shape index (κ3) is 2.11. The molecule has 1 unspecified atom stereocenters. The van der Waals surface area contributed by atoms with Gasteiger partial charge in [0.1, 0.15) is 18.4 Å². The van der Waals surface area contributed by atoms with Gasteiger partial charge in [0.15, 0.2) is 0 Å². The van der Waals surface area contributed by atoms with Gasteiger partial charge < -0.3 is 0 Å². The SMILES string of the molecule is CCCC1=C[N+](C)(CCC#N)c2ccccc21. The van der Waals surface area contributed by atoms with E-state index in [4.69, 9.17) is 5.26 Å². The van der Waals surface area contributed by atoms with Gasteiger partial charge in [-0.05, 0) is 12.5 Å². The first-order valence-corrected chi connectivity index (χ1v) is 6.25. The molecule has 1 aromatic rings. The predicted octanol–water partition coefficient (Wildman–Crippen LogP) is 3.69. The molecule has 2 rings (SSSR count). The Morgan fingerprint density at radius 2 is 2.06 bits per heavy atom. The van der Waals surface area contributed by atoms with Crippen molar-refractivity contribution in [3.05, 3.63) is 36.0 Å². The third-order valence-corrected chi connectivity index (χ3v) is 3.45. The minimum atomic E-state index is 0.598. The summed E-state index contributed by atoms with van der Waals surface area (Å²) in [6.45, 7) is 3.07. The molecule has 1 aliphatic rings. The predicted molar refractivity (Wildman–Crippen MR) is 72.1 cm³/mol. The molecule has 0 N–H and O–H groups in total. The van der Waals surface area contributed by atoms with Gasteiger partial charge in [0, 0.05) is 17.2 Å². The van der Waals surface area contributed by atoms with Gasteiger partial charge in [0.2, 0.25) is 0 Å². The van der Waals surface area contributed by atoms with Crippen LogP contribution < -0.4 is 4.48 Å². The normalized spacial score (nSPS) is 21.8. The molecule has 0 amide bonds. The fourth-order valence-electron chi connectivity index (χ4n) is 2.61. The minimum Gasteiger partial charge on any atom is -0.266 e. The Labute approximate surface area is 103 Å². The molecule has 2 heteroatoms. The summed E-state index contributed by atoms with van der Waals surface area (Å²) in [5.41, 5.74) is 4.14. The van der Waals surface area contributed by atoms with E-state index in [0.29, 0.717) is 6.42 Å². The van der Waals surface area contributed by atoms with Gasteiger partial charge in [-0.2, -0.15) is 5.26 Å². The summed E-state index contributed by atoms with van der Waals surface area (Å²) >= 11 is 0. The van der Waals surface area contributed by atoms with Crippen molar-refractivity contribution in [2.24, 2.45) is 0 Å². The monoisotopic (exact) mass is 227 g/mol. The van der Waals surface area contributed by atoms with Crippen molar-refractivity contribution in [3.8, 4) is 6.07 Å². The summed E-state index contributed by atoms with van der Waals surface area (Å²) in [4.78, 5) is 0.